The van der Waals surface area contributed by atoms with Crippen LogP contribution in [0.1, 0.15) is 32.3 Å². The molecule has 5 heteroatoms. The average Bonchev–Trinajstić information content (AvgIpc) is 2.80. The number of benzene rings is 1. The van der Waals surface area contributed by atoms with E-state index in [9.17, 15) is 0 Å². The summed E-state index contributed by atoms with van der Waals surface area (Å²) in [7, 11) is 2.02. The van der Waals surface area contributed by atoms with Gasteiger partial charge in [0.1, 0.15) is 5.75 Å². The van der Waals surface area contributed by atoms with E-state index in [-0.39, 0.29) is 10.8 Å². The van der Waals surface area contributed by atoms with E-state index in [1.54, 1.807) is 0 Å². The summed E-state index contributed by atoms with van der Waals surface area (Å²) in [4.78, 5) is 2.43. The summed E-state index contributed by atoms with van der Waals surface area (Å²) in [5.41, 5.74) is 1.38. The maximum Gasteiger partial charge on any atom is 0.123 e. The van der Waals surface area contributed by atoms with Crippen LogP contribution >= 0.6 is 24.2 Å². The van der Waals surface area contributed by atoms with Gasteiger partial charge in [0.2, 0.25) is 0 Å². The SMILES string of the molecule is CCOc1ccc(Cl)cc1CN1CC[C@](CC)(CNC)C1S. The van der Waals surface area contributed by atoms with Crippen LogP contribution in [0.3, 0.4) is 0 Å². The number of rotatable bonds is 7. The summed E-state index contributed by atoms with van der Waals surface area (Å²) in [5.74, 6) is 0.926. The summed E-state index contributed by atoms with van der Waals surface area (Å²) in [6.07, 6.45) is 2.30. The van der Waals surface area contributed by atoms with E-state index in [2.05, 4.69) is 17.1 Å². The fourth-order valence-corrected chi connectivity index (χ4v) is 4.17. The number of likely N-dealkylation sites (tertiary alicyclic amines) is 1. The molecule has 0 spiro atoms. The van der Waals surface area contributed by atoms with Gasteiger partial charge < -0.3 is 10.1 Å². The van der Waals surface area contributed by atoms with E-state index >= 15 is 0 Å². The van der Waals surface area contributed by atoms with Crippen molar-refractivity contribution in [1.82, 2.24) is 10.2 Å². The highest BCUT2D eigenvalue weighted by atomic mass is 35.5. The molecule has 1 N–H and O–H groups in total. The smallest absolute Gasteiger partial charge is 0.123 e. The van der Waals surface area contributed by atoms with Crippen molar-refractivity contribution in [2.45, 2.75) is 38.6 Å². The Balaban J connectivity index is 2.16. The van der Waals surface area contributed by atoms with Crippen molar-refractivity contribution < 1.29 is 4.74 Å². The molecule has 124 valence electrons. The van der Waals surface area contributed by atoms with E-state index < -0.39 is 0 Å². The van der Waals surface area contributed by atoms with Crippen LogP contribution in [0.2, 0.25) is 5.02 Å². The minimum atomic E-state index is 0.238. The minimum absolute atomic E-state index is 0.238. The van der Waals surface area contributed by atoms with Crippen LogP contribution in [0, 0.1) is 5.41 Å². The molecule has 2 rings (SSSR count). The van der Waals surface area contributed by atoms with Crippen LogP contribution in [0.25, 0.3) is 0 Å². The largest absolute Gasteiger partial charge is 0.494 e. The summed E-state index contributed by atoms with van der Waals surface area (Å²) < 4.78 is 5.74. The number of nitrogens with zero attached hydrogens (tertiary/aromatic N) is 1. The number of thiol groups is 1. The number of nitrogens with one attached hydrogen (secondary N) is 1. The summed E-state index contributed by atoms with van der Waals surface area (Å²) in [6, 6.07) is 5.86. The lowest BCUT2D eigenvalue weighted by Crippen LogP contribution is -2.41. The molecule has 0 amide bonds. The van der Waals surface area contributed by atoms with Gasteiger partial charge in [-0.25, -0.2) is 0 Å². The lowest BCUT2D eigenvalue weighted by molar-refractivity contribution is 0.210. The molecule has 1 aromatic rings. The van der Waals surface area contributed by atoms with Gasteiger partial charge in [0.25, 0.3) is 0 Å². The lowest BCUT2D eigenvalue weighted by atomic mass is 9.84. The van der Waals surface area contributed by atoms with Crippen molar-refractivity contribution >= 4 is 24.2 Å². The highest BCUT2D eigenvalue weighted by molar-refractivity contribution is 7.80. The molecular weight excluding hydrogens is 316 g/mol. The Morgan fingerprint density at radius 3 is 2.86 bits per heavy atom. The molecule has 1 aliphatic rings. The Morgan fingerprint density at radius 1 is 1.45 bits per heavy atom. The van der Waals surface area contributed by atoms with Crippen LogP contribution < -0.4 is 10.1 Å². The number of halogens is 1. The zero-order valence-corrected chi connectivity index (χ0v) is 15.4. The molecule has 1 fully saturated rings. The predicted molar refractivity (Wildman–Crippen MR) is 97.1 cm³/mol. The highest BCUT2D eigenvalue weighted by Crippen LogP contribution is 2.42. The van der Waals surface area contributed by atoms with E-state index in [0.717, 1.165) is 42.4 Å². The molecule has 2 atom stereocenters. The van der Waals surface area contributed by atoms with Gasteiger partial charge in [-0.05, 0) is 45.0 Å². The Hall–Kier alpha value is -0.420. The second-order valence-electron chi connectivity index (χ2n) is 6.03. The molecule has 1 saturated heterocycles. The predicted octanol–water partition coefficient (Wildman–Crippen LogP) is 3.82. The first-order valence-electron chi connectivity index (χ1n) is 8.04. The standard InChI is InChI=1S/C17H27ClN2OS/c1-4-17(12-19-3)8-9-20(16(17)22)11-13-10-14(18)6-7-15(13)21-5-2/h6-7,10,16,19,22H,4-5,8-9,11-12H2,1-3H3/t16?,17-/m1/s1. The Labute approximate surface area is 144 Å². The van der Waals surface area contributed by atoms with Crippen molar-refractivity contribution in [3.63, 3.8) is 0 Å². The second-order valence-corrected chi connectivity index (χ2v) is 6.95. The molecule has 0 radical (unpaired) electrons. The van der Waals surface area contributed by atoms with Gasteiger partial charge in [0.05, 0.1) is 12.0 Å². The molecule has 0 saturated carbocycles. The second kappa shape index (κ2) is 7.91. The lowest BCUT2D eigenvalue weighted by Gasteiger charge is -2.34. The average molecular weight is 343 g/mol. The van der Waals surface area contributed by atoms with Gasteiger partial charge in [-0.15, -0.1) is 0 Å². The topological polar surface area (TPSA) is 24.5 Å². The van der Waals surface area contributed by atoms with Crippen LogP contribution in [0.5, 0.6) is 5.75 Å². The number of ether oxygens (including phenoxy) is 1. The van der Waals surface area contributed by atoms with Crippen molar-refractivity contribution in [3.8, 4) is 5.75 Å². The van der Waals surface area contributed by atoms with Crippen molar-refractivity contribution in [2.24, 2.45) is 5.41 Å². The monoisotopic (exact) mass is 342 g/mol. The zero-order chi connectivity index (χ0) is 16.2. The zero-order valence-electron chi connectivity index (χ0n) is 13.7. The molecule has 0 aromatic heterocycles. The van der Waals surface area contributed by atoms with Crippen molar-refractivity contribution in [1.29, 1.82) is 0 Å². The van der Waals surface area contributed by atoms with Gasteiger partial charge in [-0.1, -0.05) is 18.5 Å². The first-order valence-corrected chi connectivity index (χ1v) is 8.93. The number of hydrogen-bond donors (Lipinski definition) is 2. The molecule has 1 unspecified atom stereocenters. The van der Waals surface area contributed by atoms with Gasteiger partial charge >= 0.3 is 0 Å². The van der Waals surface area contributed by atoms with Gasteiger partial charge in [-0.2, -0.15) is 12.6 Å². The van der Waals surface area contributed by atoms with Crippen molar-refractivity contribution in [2.75, 3.05) is 26.7 Å². The minimum Gasteiger partial charge on any atom is -0.494 e. The molecule has 1 aliphatic heterocycles. The van der Waals surface area contributed by atoms with E-state index in [1.165, 1.54) is 6.42 Å². The first-order chi connectivity index (χ1) is 10.6. The van der Waals surface area contributed by atoms with Crippen LogP contribution in [-0.2, 0) is 6.54 Å². The Kier molecular flexibility index (Phi) is 6.45. The fraction of sp³-hybridized carbons (Fsp3) is 0.647. The molecule has 1 aromatic carbocycles. The Bertz CT molecular complexity index is 500. The summed E-state index contributed by atoms with van der Waals surface area (Å²) in [5, 5.41) is 4.34. The quantitative estimate of drug-likeness (QED) is 0.737. The summed E-state index contributed by atoms with van der Waals surface area (Å²) in [6.45, 7) is 7.82. The molecule has 0 bridgehead atoms. The molecule has 22 heavy (non-hydrogen) atoms. The molecular formula is C17H27ClN2OS. The first kappa shape index (κ1) is 17.9. The van der Waals surface area contributed by atoms with Crippen molar-refractivity contribution in [3.05, 3.63) is 28.8 Å². The maximum absolute atomic E-state index is 6.17. The van der Waals surface area contributed by atoms with Crippen LogP contribution in [0.15, 0.2) is 18.2 Å². The normalized spacial score (nSPS) is 25.6. The third-order valence-corrected chi connectivity index (χ3v) is 5.83. The third kappa shape index (κ3) is 3.73. The Morgan fingerprint density at radius 2 is 2.23 bits per heavy atom. The molecule has 0 aliphatic carbocycles. The van der Waals surface area contributed by atoms with Crippen LogP contribution in [0.4, 0.5) is 0 Å². The van der Waals surface area contributed by atoms with E-state index in [4.69, 9.17) is 29.0 Å². The third-order valence-electron chi connectivity index (χ3n) is 4.72. The fourth-order valence-electron chi connectivity index (χ4n) is 3.37. The van der Waals surface area contributed by atoms with Gasteiger partial charge in [-0.3, -0.25) is 4.90 Å². The highest BCUT2D eigenvalue weighted by Gasteiger charge is 2.43. The summed E-state index contributed by atoms with van der Waals surface area (Å²) >= 11 is 11.1. The molecule has 1 heterocycles. The van der Waals surface area contributed by atoms with E-state index in [1.807, 2.05) is 32.2 Å². The maximum atomic E-state index is 6.17. The van der Waals surface area contributed by atoms with Gasteiger partial charge in [0.15, 0.2) is 0 Å². The van der Waals surface area contributed by atoms with E-state index in [0.29, 0.717) is 6.61 Å². The van der Waals surface area contributed by atoms with Crippen LogP contribution in [-0.4, -0.2) is 37.0 Å². The number of hydrogen-bond acceptors (Lipinski definition) is 4. The molecule has 3 nitrogen and oxygen atoms in total. The van der Waals surface area contributed by atoms with Gasteiger partial charge in [0, 0.05) is 35.6 Å².